The number of hydrazone groups is 2. The van der Waals surface area contributed by atoms with Gasteiger partial charge in [0.15, 0.2) is 5.49 Å². The highest BCUT2D eigenvalue weighted by Gasteiger charge is 2.69. The summed E-state index contributed by atoms with van der Waals surface area (Å²) in [5.41, 5.74) is -18.5. The second-order valence-corrected chi connectivity index (χ2v) is 28.1. The number of thiophene rings is 1. The van der Waals surface area contributed by atoms with Crippen LogP contribution in [0.4, 0.5) is 184 Å². The zero-order valence-corrected chi connectivity index (χ0v) is 59.4. The number of nitrogens with one attached hydrogen (secondary N) is 2. The zero-order valence-electron chi connectivity index (χ0n) is 58.6. The van der Waals surface area contributed by atoms with Crippen LogP contribution in [0, 0.1) is 5.92 Å². The molecule has 7 aliphatic heterocycles. The number of carbonyl (C=O) groups is 1. The Morgan fingerprint density at radius 2 is 0.833 bits per heavy atom. The second-order valence-electron chi connectivity index (χ2n) is 27.1. The molecule has 60 heteroatoms. The number of rotatable bonds is 14. The van der Waals surface area contributed by atoms with Crippen LogP contribution in [0.25, 0.3) is 49.9 Å². The Bertz CT molecular complexity index is 6090. The van der Waals surface area contributed by atoms with Gasteiger partial charge in [0.2, 0.25) is 0 Å². The SMILES string of the molecule is O=C(O)C(=Cc1sc(C(F)(F)F)c2c3n4c(c12)=NC1=[N+]2N[N+]5=C(N=3)c3c(c(OC(C(F)(F)F)C(F)(F)F)c6ccccc6c3OC(C(F)(F)F)C(F)(F)F)C5=NC3C5C(=C(NC2c2c1c(OC(C(F)(F)F)C(F)(F)F)c1ccccc1c2OC(C(F)(F)F)C(F)(F)F)N3C4)C(OC(C(F)(F)F)C(F)(F)F)=c1ccccc1=C5OC(C(F)(F)F)C(F)(F)F)C(F)(F)F. The fourth-order valence-corrected chi connectivity index (χ4v) is 15.5. The summed E-state index contributed by atoms with van der Waals surface area (Å²) in [6.45, 7) is -2.59. The fourth-order valence-electron chi connectivity index (χ4n) is 14.4. The molecule has 15 rings (SSSR count). The van der Waals surface area contributed by atoms with Crippen molar-refractivity contribution < 1.29 is 232 Å². The van der Waals surface area contributed by atoms with E-state index in [4.69, 9.17) is 0 Å². The predicted molar refractivity (Wildman–Crippen MR) is 330 cm³/mol. The van der Waals surface area contributed by atoms with E-state index in [9.17, 15) is 9.90 Å². The summed E-state index contributed by atoms with van der Waals surface area (Å²) >= 11 is -1.30. The van der Waals surface area contributed by atoms with Crippen LogP contribution in [-0.4, -0.2) is 171 Å². The van der Waals surface area contributed by atoms with Gasteiger partial charge in [-0.3, -0.25) is 4.57 Å². The normalized spacial score (nSPS) is 18.7. The van der Waals surface area contributed by atoms with Crippen molar-refractivity contribution in [3.63, 3.8) is 0 Å². The Kier molecular flexibility index (Phi) is 20.5. The van der Waals surface area contributed by atoms with Crippen molar-refractivity contribution in [2.45, 2.75) is 142 Å². The molecule has 8 aliphatic rings. The maximum atomic E-state index is 16.6. The van der Waals surface area contributed by atoms with Gasteiger partial charge in [-0.05, 0) is 11.6 Å². The molecule has 0 fully saturated rings. The van der Waals surface area contributed by atoms with E-state index in [1.165, 1.54) is 0 Å². The Hall–Kier alpha value is -11.6. The van der Waals surface area contributed by atoms with Crippen molar-refractivity contribution in [2.75, 3.05) is 0 Å². The highest BCUT2D eigenvalue weighted by molar-refractivity contribution is 7.14. The molecule has 3 unspecified atom stereocenters. The van der Waals surface area contributed by atoms with E-state index in [-0.39, 0.29) is 36.4 Å². The number of ether oxygens (including phenoxy) is 6. The first-order valence-corrected chi connectivity index (χ1v) is 34.1. The summed E-state index contributed by atoms with van der Waals surface area (Å²) in [6.07, 6.45) is -142. The average molecular weight is 1900 g/mol. The van der Waals surface area contributed by atoms with Crippen molar-refractivity contribution in [3.8, 4) is 23.0 Å². The van der Waals surface area contributed by atoms with Crippen molar-refractivity contribution in [1.82, 2.24) is 20.3 Å². The maximum Gasteiger partial charge on any atom is 0.434 e. The van der Waals surface area contributed by atoms with Crippen LogP contribution in [0.5, 0.6) is 23.0 Å². The van der Waals surface area contributed by atoms with Crippen LogP contribution in [-0.2, 0) is 27.1 Å². The molecule has 0 saturated heterocycles. The Morgan fingerprint density at radius 1 is 0.460 bits per heavy atom. The smallest absolute Gasteiger partial charge is 0.434 e. The lowest BCUT2D eigenvalue weighted by Crippen LogP contribution is -2.54. The summed E-state index contributed by atoms with van der Waals surface area (Å²) in [5, 5.41) is -4.18. The quantitative estimate of drug-likeness (QED) is 0.0538. The number of hydrogen-bond acceptors (Lipinski definition) is 14. The van der Waals surface area contributed by atoms with Gasteiger partial charge in [-0.2, -0.15) is 189 Å². The van der Waals surface area contributed by atoms with Gasteiger partial charge in [0.25, 0.3) is 59.9 Å². The van der Waals surface area contributed by atoms with Crippen molar-refractivity contribution >= 4 is 84.7 Å². The van der Waals surface area contributed by atoms with E-state index in [0.717, 1.165) is 0 Å². The maximum absolute atomic E-state index is 16.6. The number of carboxylic acids is 1. The number of aliphatic carboxylic acids is 1. The molecule has 3 atom stereocenters. The highest BCUT2D eigenvalue weighted by Crippen LogP contribution is 2.58. The lowest BCUT2D eigenvalue weighted by molar-refractivity contribution is -0.791. The molecule has 12 bridgehead atoms. The summed E-state index contributed by atoms with van der Waals surface area (Å²) in [7, 11) is 0. The highest BCUT2D eigenvalue weighted by atomic mass is 32.1. The van der Waals surface area contributed by atoms with Gasteiger partial charge in [0.05, 0.1) is 22.3 Å². The Morgan fingerprint density at radius 3 is 1.25 bits per heavy atom. The molecule has 0 spiro atoms. The largest absolute Gasteiger partial charge is 0.478 e. The molecular weight excluding hydrogens is 1880 g/mol. The van der Waals surface area contributed by atoms with Gasteiger partial charge in [0, 0.05) is 47.4 Å². The van der Waals surface area contributed by atoms with E-state index in [1.54, 1.807) is 5.53 Å². The summed E-state index contributed by atoms with van der Waals surface area (Å²) in [4.78, 5) is 19.2. The van der Waals surface area contributed by atoms with Crippen LogP contribution < -0.4 is 51.2 Å². The van der Waals surface area contributed by atoms with Gasteiger partial charge in [-0.1, -0.05) is 82.2 Å². The van der Waals surface area contributed by atoms with E-state index in [2.05, 4.69) is 43.4 Å². The number of halogens is 42. The third-order valence-corrected chi connectivity index (χ3v) is 20.2. The van der Waals surface area contributed by atoms with Gasteiger partial charge < -0.3 is 43.7 Å². The monoisotopic (exact) mass is 1900 g/mol. The van der Waals surface area contributed by atoms with Crippen molar-refractivity contribution in [3.05, 3.63) is 143 Å². The Labute approximate surface area is 665 Å². The molecule has 7 aromatic rings. The standard InChI is InChI=1S/C66H25F42N9O8S/c67-53(68,69)21(46(118)119)13-22-23-30(37(126-22)54(70,71)72)41-112-45-29-28(35(124-51(63(97,98)99)64(100,101)102)19-11-5-6-12-20(19)36(29)125-52(65(103,104)105)66(106,107)108)44-111-40-25-24(31(120-47(55(73,74)75)56(76,77)78)15-7-1-2-8-16(15)32(25)121-48(57(79,80)81)58(82,83)84)39-110-43-27-26(42(116(43)113-117(44)45)109-38(23)114(41)14-115(39)40)33(122-49(59(85,86)87)60(88,89)90)17-9-3-4-10-18(17)34(27)123-50(61(91,92)93)62(94,95)96/h1-13,25,40,43,47-52,110H,14H2/p+2. The number of hydrogen-bond donors (Lipinski definition) is 3. The van der Waals surface area contributed by atoms with Gasteiger partial charge in [-0.15, -0.1) is 11.3 Å². The number of amidine groups is 3. The number of fused-ring (bicyclic) bond motifs is 7. The second kappa shape index (κ2) is 28.5. The minimum absolute atomic E-state index is 0.0000287. The molecule has 1 aliphatic carbocycles. The number of aliphatic imine (C=N–C) groups is 1. The molecule has 0 radical (unpaired) electrons. The van der Waals surface area contributed by atoms with Crippen LogP contribution in [0.1, 0.15) is 38.2 Å². The van der Waals surface area contributed by atoms with Crippen LogP contribution in [0.2, 0.25) is 0 Å². The number of aromatic nitrogens is 1. The Balaban J connectivity index is 1.36. The predicted octanol–water partition coefficient (Wildman–Crippen LogP) is 16.9. The van der Waals surface area contributed by atoms with Gasteiger partial charge in [-0.25, -0.2) is 9.79 Å². The third kappa shape index (κ3) is 15.4. The van der Waals surface area contributed by atoms with Crippen LogP contribution >= 0.6 is 11.3 Å². The first kappa shape index (κ1) is 90.7. The molecule has 0 amide bonds. The van der Waals surface area contributed by atoms with E-state index in [1.807, 2.05) is 5.32 Å². The topological polar surface area (TPSA) is 168 Å². The minimum Gasteiger partial charge on any atom is -0.478 e. The molecule has 9 heterocycles. The molecule has 2 aromatic heterocycles. The molecule has 3 N–H and O–H groups in total. The number of carboxylic acid groups (broad SMARTS) is 1. The lowest BCUT2D eigenvalue weighted by atomic mass is 9.87. The molecule has 0 saturated carbocycles. The van der Waals surface area contributed by atoms with Crippen molar-refractivity contribution in [1.29, 1.82) is 0 Å². The van der Waals surface area contributed by atoms with Gasteiger partial charge >= 0.3 is 98.3 Å². The fraction of sp³-hybridized carbons (Fsp3) is 0.364. The first-order chi connectivity index (χ1) is 57.2. The number of alkyl halides is 42. The molecule has 5 aromatic carbocycles. The van der Waals surface area contributed by atoms with Crippen LogP contribution in [0.3, 0.4) is 0 Å². The van der Waals surface area contributed by atoms with E-state index in [0.29, 0.717) is 36.4 Å². The lowest BCUT2D eigenvalue weighted by Gasteiger charge is -2.34. The minimum atomic E-state index is -7.17. The molecule has 126 heavy (non-hydrogen) atoms. The third-order valence-electron chi connectivity index (χ3n) is 19.0. The van der Waals surface area contributed by atoms with E-state index < -0.39 is 345 Å². The summed E-state index contributed by atoms with van der Waals surface area (Å²) < 4.78 is 679. The number of hydrazine groups is 2. The van der Waals surface area contributed by atoms with E-state index >= 15 is 184 Å². The van der Waals surface area contributed by atoms with Crippen LogP contribution in [0.15, 0.2) is 105 Å². The zero-order chi connectivity index (χ0) is 93.6. The van der Waals surface area contributed by atoms with Gasteiger partial charge in [0.1, 0.15) is 80.3 Å². The average Bonchev–Trinajstić information content (AvgIpc) is 1.51. The van der Waals surface area contributed by atoms with Crippen molar-refractivity contribution in [2.24, 2.45) is 20.9 Å². The number of benzene rings is 5. The first-order valence-electron chi connectivity index (χ1n) is 33.2. The summed E-state index contributed by atoms with van der Waals surface area (Å²) in [6, 6.07) is 2.00. The molecule has 682 valence electrons. The number of nitrogens with zero attached hydrogens (tertiary/aromatic N) is 7. The molecular formula is C66H27F42N9O8S+2. The summed E-state index contributed by atoms with van der Waals surface area (Å²) in [5.74, 6) is -32.6. The molecule has 17 nitrogen and oxygen atoms in total.